The number of ether oxygens (including phenoxy) is 1. The number of carbonyl (C=O) groups excluding carboxylic acids is 1. The van der Waals surface area contributed by atoms with Gasteiger partial charge < -0.3 is 4.74 Å². The first kappa shape index (κ1) is 32.1. The smallest absolute Gasteiger partial charge is 0.406 e. The van der Waals surface area contributed by atoms with E-state index in [1.54, 1.807) is 4.90 Å². The van der Waals surface area contributed by atoms with Crippen LogP contribution in [0.5, 0.6) is 5.75 Å². The highest BCUT2D eigenvalue weighted by atomic mass is 32.2. The van der Waals surface area contributed by atoms with E-state index in [2.05, 4.69) is 45.8 Å². The topological polar surface area (TPSA) is 72.6 Å². The number of rotatable bonds is 9. The van der Waals surface area contributed by atoms with E-state index < -0.39 is 6.36 Å². The summed E-state index contributed by atoms with van der Waals surface area (Å²) in [4.78, 5) is 24.1. The Kier molecular flexibility index (Phi) is 9.83. The van der Waals surface area contributed by atoms with Crippen LogP contribution in [0.3, 0.4) is 0 Å². The van der Waals surface area contributed by atoms with Crippen molar-refractivity contribution in [3.05, 3.63) is 95.8 Å². The summed E-state index contributed by atoms with van der Waals surface area (Å²) in [5, 5.41) is 5.07. The highest BCUT2D eigenvalue weighted by molar-refractivity contribution is 8.15. The predicted octanol–water partition coefficient (Wildman–Crippen LogP) is 8.52. The highest BCUT2D eigenvalue weighted by Gasteiger charge is 2.32. The van der Waals surface area contributed by atoms with Crippen molar-refractivity contribution in [1.29, 1.82) is 0 Å². The third-order valence-corrected chi connectivity index (χ3v) is 8.08. The van der Waals surface area contributed by atoms with Gasteiger partial charge in [0.1, 0.15) is 17.1 Å². The molecule has 2 heterocycles. The van der Waals surface area contributed by atoms with E-state index in [4.69, 9.17) is 12.2 Å². The molecular weight excluding hydrogens is 620 g/mol. The normalized spacial score (nSPS) is 14.7. The number of benzene rings is 3. The quantitative estimate of drug-likeness (QED) is 0.169. The van der Waals surface area contributed by atoms with Gasteiger partial charge in [0.05, 0.1) is 17.1 Å². The van der Waals surface area contributed by atoms with Crippen LogP contribution in [-0.2, 0) is 4.79 Å². The monoisotopic (exact) mass is 649 g/mol. The van der Waals surface area contributed by atoms with Gasteiger partial charge in [-0.3, -0.25) is 9.69 Å². The molecule has 12 heteroatoms. The van der Waals surface area contributed by atoms with Gasteiger partial charge >= 0.3 is 6.36 Å². The van der Waals surface area contributed by atoms with E-state index in [0.29, 0.717) is 40.3 Å². The number of hydrogen-bond acceptors (Lipinski definition) is 6. The number of alkyl halides is 3. The van der Waals surface area contributed by atoms with E-state index in [9.17, 15) is 18.0 Å². The molecule has 3 aromatic carbocycles. The Labute approximate surface area is 268 Å². The Morgan fingerprint density at radius 2 is 1.84 bits per heavy atom. The third-order valence-electron chi connectivity index (χ3n) is 6.87. The van der Waals surface area contributed by atoms with Crippen molar-refractivity contribution in [1.82, 2.24) is 14.8 Å². The van der Waals surface area contributed by atoms with Crippen LogP contribution in [-0.4, -0.2) is 42.9 Å². The number of allylic oxidation sites excluding steroid dienone is 1. The summed E-state index contributed by atoms with van der Waals surface area (Å²) in [7, 11) is 0. The minimum atomic E-state index is -4.75. The van der Waals surface area contributed by atoms with Crippen LogP contribution in [0.15, 0.2) is 84.1 Å². The molecule has 1 aliphatic heterocycles. The van der Waals surface area contributed by atoms with Crippen molar-refractivity contribution in [3.8, 4) is 22.8 Å². The molecular formula is C33H30F3N5O2S2. The molecule has 0 radical (unpaired) electrons. The van der Waals surface area contributed by atoms with Crippen LogP contribution >= 0.6 is 24.0 Å². The molecule has 1 amide bonds. The minimum Gasteiger partial charge on any atom is -0.406 e. The van der Waals surface area contributed by atoms with Crippen molar-refractivity contribution in [2.24, 2.45) is 4.99 Å². The van der Waals surface area contributed by atoms with Crippen LogP contribution in [0.25, 0.3) is 23.2 Å². The molecule has 1 aliphatic rings. The second kappa shape index (κ2) is 13.8. The molecule has 5 rings (SSSR count). The number of nitrogens with zero attached hydrogens (tertiary/aromatic N) is 5. The van der Waals surface area contributed by atoms with Crippen LogP contribution < -0.4 is 9.64 Å². The van der Waals surface area contributed by atoms with Gasteiger partial charge in [-0.05, 0) is 66.3 Å². The zero-order valence-electron chi connectivity index (χ0n) is 24.8. The minimum absolute atomic E-state index is 0.00738. The zero-order valence-corrected chi connectivity index (χ0v) is 26.4. The molecule has 4 aromatic rings. The summed E-state index contributed by atoms with van der Waals surface area (Å²) in [6.07, 6.45) is 2.05. The van der Waals surface area contributed by atoms with E-state index in [-0.39, 0.29) is 17.6 Å². The maximum atomic E-state index is 12.8. The van der Waals surface area contributed by atoms with Gasteiger partial charge in [-0.2, -0.15) is 0 Å². The van der Waals surface area contributed by atoms with Crippen molar-refractivity contribution in [2.75, 3.05) is 10.7 Å². The number of aryl methyl sites for hydroxylation is 1. The van der Waals surface area contributed by atoms with Gasteiger partial charge in [0, 0.05) is 12.0 Å². The third kappa shape index (κ3) is 8.25. The average molecular weight is 650 g/mol. The standard InChI is InChI=1S/C33H30F3N5O2S2/c1-21(2)27-17-8-22(3)18-28(27)41-30(42)19-45-32(41)38-29(44)7-5-4-6-23-9-11-24(12-10-23)31-37-20-40(39-31)25-13-15-26(16-14-25)43-33(34,35)36/h4,6,8-18,20-21H,5,7,19H2,1-3H3/b6-4+,38-32?. The zero-order chi connectivity index (χ0) is 32.1. The molecule has 0 atom stereocenters. The van der Waals surface area contributed by atoms with E-state index in [1.165, 1.54) is 47.0 Å². The van der Waals surface area contributed by atoms with Crippen molar-refractivity contribution in [2.45, 2.75) is 45.9 Å². The number of aromatic nitrogens is 3. The summed E-state index contributed by atoms with van der Waals surface area (Å²) in [6.45, 7) is 6.24. The summed E-state index contributed by atoms with van der Waals surface area (Å²) < 4.78 is 42.6. The van der Waals surface area contributed by atoms with Crippen molar-refractivity contribution in [3.63, 3.8) is 0 Å². The largest absolute Gasteiger partial charge is 0.573 e. The number of amides is 1. The Balaban J connectivity index is 1.17. The van der Waals surface area contributed by atoms with Gasteiger partial charge in [-0.1, -0.05) is 86.4 Å². The fourth-order valence-electron chi connectivity index (χ4n) is 4.67. The van der Waals surface area contributed by atoms with Crippen molar-refractivity contribution >= 4 is 51.8 Å². The maximum absolute atomic E-state index is 12.8. The Morgan fingerprint density at radius 3 is 2.53 bits per heavy atom. The molecule has 0 bridgehead atoms. The summed E-state index contributed by atoms with van der Waals surface area (Å²) in [6, 6.07) is 19.2. The number of amidine groups is 1. The molecule has 45 heavy (non-hydrogen) atoms. The number of carbonyl (C=O) groups is 1. The number of thiocarbonyl (C=S) groups is 1. The molecule has 0 N–H and O–H groups in total. The molecule has 7 nitrogen and oxygen atoms in total. The molecule has 1 fully saturated rings. The lowest BCUT2D eigenvalue weighted by Gasteiger charge is -2.22. The molecule has 1 saturated heterocycles. The van der Waals surface area contributed by atoms with Crippen LogP contribution in [0, 0.1) is 6.92 Å². The van der Waals surface area contributed by atoms with Gasteiger partial charge in [-0.15, -0.1) is 18.3 Å². The Bertz CT molecular complexity index is 1750. The second-order valence-corrected chi connectivity index (χ2v) is 12.1. The molecule has 1 aromatic heterocycles. The Morgan fingerprint density at radius 1 is 1.11 bits per heavy atom. The lowest BCUT2D eigenvalue weighted by atomic mass is 9.99. The molecule has 0 unspecified atom stereocenters. The molecule has 0 aliphatic carbocycles. The maximum Gasteiger partial charge on any atom is 0.573 e. The SMILES string of the molecule is Cc1ccc(C(C)C)c(N2C(=O)CSC2=NC(=S)CC/C=C/c2ccc(-c3ncn(-c4ccc(OC(F)(F)F)cc4)n3)cc2)c1. The molecule has 0 spiro atoms. The number of halogens is 3. The fourth-order valence-corrected chi connectivity index (χ4v) is 5.82. The predicted molar refractivity (Wildman–Crippen MR) is 177 cm³/mol. The van der Waals surface area contributed by atoms with Gasteiger partial charge in [0.2, 0.25) is 5.91 Å². The number of anilines is 1. The second-order valence-electron chi connectivity index (χ2n) is 10.6. The first-order valence-electron chi connectivity index (χ1n) is 14.2. The molecule has 0 saturated carbocycles. The van der Waals surface area contributed by atoms with E-state index in [1.807, 2.05) is 49.4 Å². The Hall–Kier alpha value is -4.29. The first-order chi connectivity index (χ1) is 21.5. The lowest BCUT2D eigenvalue weighted by Crippen LogP contribution is -2.31. The van der Waals surface area contributed by atoms with Gasteiger partial charge in [-0.25, -0.2) is 14.7 Å². The van der Waals surface area contributed by atoms with Crippen LogP contribution in [0.4, 0.5) is 18.9 Å². The van der Waals surface area contributed by atoms with Gasteiger partial charge in [0.15, 0.2) is 11.0 Å². The summed E-state index contributed by atoms with van der Waals surface area (Å²) in [5.74, 6) is 0.782. The highest BCUT2D eigenvalue weighted by Crippen LogP contribution is 2.34. The van der Waals surface area contributed by atoms with E-state index in [0.717, 1.165) is 27.9 Å². The summed E-state index contributed by atoms with van der Waals surface area (Å²) in [5.41, 5.74) is 5.38. The number of thioether (sulfide) groups is 1. The fraction of sp³-hybridized carbons (Fsp3) is 0.242. The van der Waals surface area contributed by atoms with Crippen LogP contribution in [0.2, 0.25) is 0 Å². The lowest BCUT2D eigenvalue weighted by molar-refractivity contribution is -0.274. The first-order valence-corrected chi connectivity index (χ1v) is 15.6. The number of aliphatic imine (C=N–C) groups is 1. The van der Waals surface area contributed by atoms with Gasteiger partial charge in [0.25, 0.3) is 0 Å². The average Bonchev–Trinajstić information content (AvgIpc) is 3.62. The van der Waals surface area contributed by atoms with Crippen LogP contribution in [0.1, 0.15) is 49.3 Å². The van der Waals surface area contributed by atoms with Crippen molar-refractivity contribution < 1.29 is 22.7 Å². The van der Waals surface area contributed by atoms with E-state index >= 15 is 0 Å². The number of hydrogen-bond donors (Lipinski definition) is 0. The molecule has 232 valence electrons. The summed E-state index contributed by atoms with van der Waals surface area (Å²) >= 11 is 6.98.